The van der Waals surface area contributed by atoms with Crippen molar-refractivity contribution in [1.29, 1.82) is 0 Å². The van der Waals surface area contributed by atoms with E-state index in [1.165, 1.54) is 35.6 Å². The number of amides is 1. The van der Waals surface area contributed by atoms with E-state index in [0.717, 1.165) is 6.07 Å². The molecule has 0 fully saturated rings. The zero-order chi connectivity index (χ0) is 22.9. The topological polar surface area (TPSA) is 98.5 Å². The van der Waals surface area contributed by atoms with Crippen LogP contribution in [0, 0.1) is 0 Å². The van der Waals surface area contributed by atoms with Gasteiger partial charge in [-0.15, -0.1) is 16.4 Å². The van der Waals surface area contributed by atoms with E-state index in [-0.39, 0.29) is 29.3 Å². The average Bonchev–Trinajstić information content (AvgIpc) is 3.42. The van der Waals surface area contributed by atoms with Crippen molar-refractivity contribution in [2.24, 2.45) is 0 Å². The molecular weight excluding hydrogens is 447 g/mol. The zero-order valence-corrected chi connectivity index (χ0v) is 17.2. The number of rotatable bonds is 5. The van der Waals surface area contributed by atoms with Gasteiger partial charge in [-0.1, -0.05) is 12.1 Å². The maximum absolute atomic E-state index is 13.6. The lowest BCUT2D eigenvalue weighted by atomic mass is 10.2. The number of fused-ring (bicyclic) bond motifs is 1. The van der Waals surface area contributed by atoms with Gasteiger partial charge in [-0.05, 0) is 42.6 Å². The zero-order valence-electron chi connectivity index (χ0n) is 16.4. The number of esters is 1. The van der Waals surface area contributed by atoms with Crippen LogP contribution in [0.25, 0.3) is 16.3 Å². The molecule has 8 nitrogen and oxygen atoms in total. The number of ether oxygens (including phenoxy) is 1. The highest BCUT2D eigenvalue weighted by molar-refractivity contribution is 7.13. The summed E-state index contributed by atoms with van der Waals surface area (Å²) in [5, 5.41) is 7.88. The highest BCUT2D eigenvalue weighted by Crippen LogP contribution is 2.33. The first kappa shape index (κ1) is 21.4. The Kier molecular flexibility index (Phi) is 5.61. The Hall–Kier alpha value is -3.80. The van der Waals surface area contributed by atoms with E-state index < -0.39 is 29.6 Å². The molecule has 3 aromatic heterocycles. The molecule has 32 heavy (non-hydrogen) atoms. The van der Waals surface area contributed by atoms with Gasteiger partial charge in [-0.25, -0.2) is 9.78 Å². The van der Waals surface area contributed by atoms with Crippen molar-refractivity contribution in [1.82, 2.24) is 19.6 Å². The summed E-state index contributed by atoms with van der Waals surface area (Å²) in [6.45, 7) is 1.84. The van der Waals surface area contributed by atoms with Crippen molar-refractivity contribution >= 4 is 34.7 Å². The summed E-state index contributed by atoms with van der Waals surface area (Å²) < 4.78 is 46.3. The second kappa shape index (κ2) is 8.38. The average molecular weight is 461 g/mol. The number of halogens is 3. The summed E-state index contributed by atoms with van der Waals surface area (Å²) in [6.07, 6.45) is -4.75. The van der Waals surface area contributed by atoms with Gasteiger partial charge in [0, 0.05) is 5.69 Å². The number of carbonyl (C=O) groups is 2. The molecule has 0 bridgehead atoms. The van der Waals surface area contributed by atoms with Crippen LogP contribution in [0.4, 0.5) is 18.9 Å². The van der Waals surface area contributed by atoms with Gasteiger partial charge in [0.25, 0.3) is 11.7 Å². The third kappa shape index (κ3) is 4.30. The Morgan fingerprint density at radius 3 is 2.66 bits per heavy atom. The highest BCUT2D eigenvalue weighted by atomic mass is 32.1. The number of hydrogen-bond donors (Lipinski definition) is 1. The summed E-state index contributed by atoms with van der Waals surface area (Å²) in [4.78, 5) is 33.0. The van der Waals surface area contributed by atoms with Gasteiger partial charge in [-0.2, -0.15) is 22.7 Å². The number of nitrogens with one attached hydrogen (secondary N) is 1. The normalized spacial score (nSPS) is 11.5. The second-order valence-electron chi connectivity index (χ2n) is 6.40. The maximum atomic E-state index is 13.6. The van der Waals surface area contributed by atoms with Crippen molar-refractivity contribution in [3.8, 4) is 10.6 Å². The van der Waals surface area contributed by atoms with Crippen molar-refractivity contribution in [2.45, 2.75) is 13.1 Å². The predicted molar refractivity (Wildman–Crippen MR) is 109 cm³/mol. The van der Waals surface area contributed by atoms with Crippen LogP contribution in [0.1, 0.15) is 33.6 Å². The first-order valence-electron chi connectivity index (χ1n) is 9.23. The molecule has 0 saturated carbocycles. The van der Waals surface area contributed by atoms with E-state index in [0.29, 0.717) is 9.39 Å². The molecular formula is C20H14F3N5O3S. The van der Waals surface area contributed by atoms with E-state index in [4.69, 9.17) is 4.74 Å². The fourth-order valence-electron chi connectivity index (χ4n) is 2.84. The molecule has 164 valence electrons. The molecule has 0 atom stereocenters. The Morgan fingerprint density at radius 1 is 1.16 bits per heavy atom. The quantitative estimate of drug-likeness (QED) is 0.445. The smallest absolute Gasteiger partial charge is 0.433 e. The lowest BCUT2D eigenvalue weighted by Crippen LogP contribution is -2.16. The summed E-state index contributed by atoms with van der Waals surface area (Å²) in [7, 11) is 0. The van der Waals surface area contributed by atoms with Crippen LogP contribution in [0.15, 0.2) is 47.8 Å². The fraction of sp³-hybridized carbons (Fsp3) is 0.150. The number of thiophene rings is 1. The number of benzene rings is 1. The molecule has 0 spiro atoms. The number of hydrogen-bond acceptors (Lipinski definition) is 7. The third-order valence-corrected chi connectivity index (χ3v) is 5.10. The van der Waals surface area contributed by atoms with Gasteiger partial charge in [0.05, 0.1) is 22.7 Å². The van der Waals surface area contributed by atoms with Gasteiger partial charge in [0.15, 0.2) is 5.69 Å². The Morgan fingerprint density at radius 2 is 1.97 bits per heavy atom. The minimum atomic E-state index is -4.75. The van der Waals surface area contributed by atoms with E-state index >= 15 is 0 Å². The molecule has 1 aromatic carbocycles. The van der Waals surface area contributed by atoms with Gasteiger partial charge >= 0.3 is 12.1 Å². The lowest BCUT2D eigenvalue weighted by molar-refractivity contribution is -0.142. The maximum Gasteiger partial charge on any atom is 0.433 e. The molecule has 0 aliphatic carbocycles. The largest absolute Gasteiger partial charge is 0.462 e. The minimum Gasteiger partial charge on any atom is -0.462 e. The van der Waals surface area contributed by atoms with Crippen LogP contribution in [0.2, 0.25) is 0 Å². The number of aromatic nitrogens is 4. The van der Waals surface area contributed by atoms with Crippen LogP contribution >= 0.6 is 11.3 Å². The van der Waals surface area contributed by atoms with E-state index in [2.05, 4.69) is 20.4 Å². The fourth-order valence-corrected chi connectivity index (χ4v) is 3.53. The van der Waals surface area contributed by atoms with E-state index in [1.54, 1.807) is 24.4 Å². The Labute approximate surface area is 182 Å². The van der Waals surface area contributed by atoms with Crippen LogP contribution in [-0.2, 0) is 10.9 Å². The number of nitrogens with zero attached hydrogens (tertiary/aromatic N) is 4. The van der Waals surface area contributed by atoms with Gasteiger partial charge in [0.1, 0.15) is 0 Å². The van der Waals surface area contributed by atoms with Crippen LogP contribution in [0.5, 0.6) is 0 Å². The van der Waals surface area contributed by atoms with Crippen LogP contribution in [0.3, 0.4) is 0 Å². The van der Waals surface area contributed by atoms with Gasteiger partial charge in [-0.3, -0.25) is 4.79 Å². The third-order valence-electron chi connectivity index (χ3n) is 4.21. The van der Waals surface area contributed by atoms with Gasteiger partial charge in [0.2, 0.25) is 5.82 Å². The molecule has 1 amide bonds. The second-order valence-corrected chi connectivity index (χ2v) is 7.35. The summed E-state index contributed by atoms with van der Waals surface area (Å²) in [5.41, 5.74) is -0.611. The highest BCUT2D eigenvalue weighted by Gasteiger charge is 2.36. The molecule has 4 aromatic rings. The Balaban J connectivity index is 1.69. The molecule has 4 rings (SSSR count). The predicted octanol–water partition coefficient (Wildman–Crippen LogP) is 4.30. The molecule has 0 saturated heterocycles. The van der Waals surface area contributed by atoms with Crippen LogP contribution in [-0.4, -0.2) is 38.1 Å². The molecule has 0 aliphatic heterocycles. The van der Waals surface area contributed by atoms with Crippen LogP contribution < -0.4 is 5.32 Å². The molecule has 0 aliphatic rings. The SMILES string of the molecule is CCOC(=O)c1cccc(NC(=O)c2nc3nc(-c4cccs4)cc(C(F)(F)F)n3n2)c1. The van der Waals surface area contributed by atoms with E-state index in [1.807, 2.05) is 0 Å². The molecule has 1 N–H and O–H groups in total. The Bertz CT molecular complexity index is 1300. The molecule has 0 radical (unpaired) electrons. The lowest BCUT2D eigenvalue weighted by Gasteiger charge is -2.09. The van der Waals surface area contributed by atoms with Crippen molar-refractivity contribution in [2.75, 3.05) is 11.9 Å². The standard InChI is InChI=1S/C20H14F3N5O3S/c1-2-31-18(30)11-5-3-6-12(9-11)24-17(29)16-26-19-25-13(14-7-4-8-32-14)10-15(20(21,22)23)28(19)27-16/h3-10H,2H2,1H3,(H,24,29). The van der Waals surface area contributed by atoms with Crippen molar-refractivity contribution in [3.63, 3.8) is 0 Å². The van der Waals surface area contributed by atoms with Crippen molar-refractivity contribution in [3.05, 3.63) is 64.9 Å². The molecule has 12 heteroatoms. The van der Waals surface area contributed by atoms with E-state index in [9.17, 15) is 22.8 Å². The number of anilines is 1. The first-order chi connectivity index (χ1) is 15.3. The van der Waals surface area contributed by atoms with Gasteiger partial charge < -0.3 is 10.1 Å². The monoisotopic (exact) mass is 461 g/mol. The summed E-state index contributed by atoms with van der Waals surface area (Å²) in [5.74, 6) is -2.31. The summed E-state index contributed by atoms with van der Waals surface area (Å²) in [6, 6.07) is 10.1. The minimum absolute atomic E-state index is 0.0707. The summed E-state index contributed by atoms with van der Waals surface area (Å²) >= 11 is 1.22. The van der Waals surface area contributed by atoms with Crippen molar-refractivity contribution < 1.29 is 27.5 Å². The number of carbonyl (C=O) groups excluding carboxylic acids is 2. The first-order valence-corrected chi connectivity index (χ1v) is 10.1. The molecule has 0 unspecified atom stereocenters. The number of alkyl halides is 3. The molecule has 3 heterocycles.